The maximum Gasteiger partial charge on any atom is 0.303 e. The smallest absolute Gasteiger partial charge is 0.303 e. The molecule has 2 N–H and O–H groups in total. The number of aliphatic hydroxyl groups is 1. The molecule has 0 aliphatic heterocycles. The van der Waals surface area contributed by atoms with E-state index in [1.807, 2.05) is 19.1 Å². The van der Waals surface area contributed by atoms with Crippen LogP contribution < -0.4 is 0 Å². The standard InChI is InChI=1S/C19H26O2.C7H12O2/c1-2-10-19(11-3-12-19)18(21)15-6-4-14(5-7-15)16-8-9-17(20)13-16;1-2-3-4-5-6-7(8)9/h4-7,16,18,21H,2-3,8-13H2,1H3;2-3H,4-6H2,1H3,(H,8,9)/b;3-2-. The first-order chi connectivity index (χ1) is 14.4. The number of benzene rings is 1. The Morgan fingerprint density at radius 2 is 1.97 bits per heavy atom. The molecule has 0 radical (unpaired) electrons. The number of rotatable bonds is 9. The third kappa shape index (κ3) is 6.80. The number of carboxylic acids is 1. The minimum Gasteiger partial charge on any atom is -0.481 e. The molecule has 3 rings (SSSR count). The number of ketones is 1. The van der Waals surface area contributed by atoms with Gasteiger partial charge in [0.05, 0.1) is 6.10 Å². The lowest BCUT2D eigenvalue weighted by Crippen LogP contribution is -2.35. The number of aliphatic carboxylic acids is 1. The number of carbonyl (C=O) groups excluding carboxylic acids is 1. The Labute approximate surface area is 181 Å². The summed E-state index contributed by atoms with van der Waals surface area (Å²) < 4.78 is 0. The highest BCUT2D eigenvalue weighted by molar-refractivity contribution is 5.81. The van der Waals surface area contributed by atoms with E-state index in [0.717, 1.165) is 56.9 Å². The van der Waals surface area contributed by atoms with E-state index in [4.69, 9.17) is 5.11 Å². The van der Waals surface area contributed by atoms with Gasteiger partial charge in [0.2, 0.25) is 0 Å². The van der Waals surface area contributed by atoms with Crippen molar-refractivity contribution in [3.63, 3.8) is 0 Å². The molecule has 1 aromatic carbocycles. The van der Waals surface area contributed by atoms with Crippen molar-refractivity contribution in [2.24, 2.45) is 5.41 Å². The first kappa shape index (κ1) is 24.3. The largest absolute Gasteiger partial charge is 0.481 e. The Balaban J connectivity index is 0.000000303. The summed E-state index contributed by atoms with van der Waals surface area (Å²) in [6, 6.07) is 8.41. The normalized spacial score (nSPS) is 21.0. The summed E-state index contributed by atoms with van der Waals surface area (Å²) in [4.78, 5) is 21.4. The van der Waals surface area contributed by atoms with Crippen molar-refractivity contribution in [3.8, 4) is 0 Å². The van der Waals surface area contributed by atoms with Gasteiger partial charge in [-0.3, -0.25) is 9.59 Å². The van der Waals surface area contributed by atoms with E-state index >= 15 is 0 Å². The van der Waals surface area contributed by atoms with Crippen LogP contribution in [0.4, 0.5) is 0 Å². The lowest BCUT2D eigenvalue weighted by molar-refractivity contribution is -0.137. The summed E-state index contributed by atoms with van der Waals surface area (Å²) >= 11 is 0. The van der Waals surface area contributed by atoms with Gasteiger partial charge in [-0.25, -0.2) is 0 Å². The summed E-state index contributed by atoms with van der Waals surface area (Å²) in [5.41, 5.74) is 2.44. The van der Waals surface area contributed by atoms with Gasteiger partial charge in [-0.05, 0) is 62.5 Å². The van der Waals surface area contributed by atoms with Crippen LogP contribution in [0, 0.1) is 5.41 Å². The highest BCUT2D eigenvalue weighted by Gasteiger charge is 2.43. The van der Waals surface area contributed by atoms with Gasteiger partial charge in [-0.15, -0.1) is 0 Å². The molecule has 0 bridgehead atoms. The van der Waals surface area contributed by atoms with Gasteiger partial charge in [0.1, 0.15) is 5.78 Å². The Morgan fingerprint density at radius 1 is 1.27 bits per heavy atom. The molecule has 1 aromatic rings. The van der Waals surface area contributed by atoms with Crippen molar-refractivity contribution >= 4 is 11.8 Å². The van der Waals surface area contributed by atoms with Crippen LogP contribution in [0.1, 0.15) is 108 Å². The van der Waals surface area contributed by atoms with Gasteiger partial charge >= 0.3 is 5.97 Å². The highest BCUT2D eigenvalue weighted by Crippen LogP contribution is 2.53. The zero-order chi connectivity index (χ0) is 22.0. The minimum absolute atomic E-state index is 0.125. The number of hydrogen-bond donors (Lipinski definition) is 2. The maximum absolute atomic E-state index is 11.4. The van der Waals surface area contributed by atoms with E-state index in [2.05, 4.69) is 31.2 Å². The fourth-order valence-corrected chi connectivity index (χ4v) is 4.73. The van der Waals surface area contributed by atoms with Crippen LogP contribution in [0.25, 0.3) is 0 Å². The van der Waals surface area contributed by atoms with Crippen LogP contribution in [0.15, 0.2) is 36.4 Å². The van der Waals surface area contributed by atoms with Gasteiger partial charge < -0.3 is 10.2 Å². The van der Waals surface area contributed by atoms with Gasteiger partial charge in [0.15, 0.2) is 0 Å². The molecule has 0 spiro atoms. The van der Waals surface area contributed by atoms with Crippen LogP contribution in [0.5, 0.6) is 0 Å². The number of aliphatic hydroxyl groups excluding tert-OH is 1. The number of unbranched alkanes of at least 4 members (excludes halogenated alkanes) is 1. The van der Waals surface area contributed by atoms with E-state index < -0.39 is 5.97 Å². The molecule has 2 unspecified atom stereocenters. The zero-order valence-corrected chi connectivity index (χ0v) is 18.6. The van der Waals surface area contributed by atoms with Gasteiger partial charge in [0, 0.05) is 24.7 Å². The minimum atomic E-state index is -0.709. The third-order valence-corrected chi connectivity index (χ3v) is 6.64. The Hall–Kier alpha value is -1.94. The second-order valence-electron chi connectivity index (χ2n) is 8.87. The molecular weight excluding hydrogens is 376 g/mol. The van der Waals surface area contributed by atoms with E-state index in [1.54, 1.807) is 0 Å². The quantitative estimate of drug-likeness (QED) is 0.365. The molecule has 2 fully saturated rings. The zero-order valence-electron chi connectivity index (χ0n) is 18.6. The molecule has 0 heterocycles. The Kier molecular flexibility index (Phi) is 9.77. The maximum atomic E-state index is 11.4. The van der Waals surface area contributed by atoms with Gasteiger partial charge in [-0.1, -0.05) is 56.2 Å². The fraction of sp³-hybridized carbons (Fsp3) is 0.615. The Bertz CT molecular complexity index is 700. The van der Waals surface area contributed by atoms with Crippen molar-refractivity contribution in [1.29, 1.82) is 0 Å². The predicted octanol–water partition coefficient (Wildman–Crippen LogP) is 6.34. The SMILES string of the molecule is C/C=C\CCCC(=O)O.CCCC1(C(O)c2ccc(C3CCC(=O)C3)cc2)CCC1. The van der Waals surface area contributed by atoms with Crippen molar-refractivity contribution in [2.45, 2.75) is 96.5 Å². The van der Waals surface area contributed by atoms with Crippen LogP contribution in [-0.2, 0) is 9.59 Å². The topological polar surface area (TPSA) is 74.6 Å². The molecule has 2 aliphatic carbocycles. The second-order valence-corrected chi connectivity index (χ2v) is 8.87. The van der Waals surface area contributed by atoms with Crippen molar-refractivity contribution < 1.29 is 19.8 Å². The summed E-state index contributed by atoms with van der Waals surface area (Å²) in [7, 11) is 0. The predicted molar refractivity (Wildman–Crippen MR) is 120 cm³/mol. The summed E-state index contributed by atoms with van der Waals surface area (Å²) in [6.45, 7) is 4.13. The highest BCUT2D eigenvalue weighted by atomic mass is 16.4. The lowest BCUT2D eigenvalue weighted by Gasteiger charge is -2.46. The first-order valence-electron chi connectivity index (χ1n) is 11.5. The monoisotopic (exact) mass is 414 g/mol. The van der Waals surface area contributed by atoms with Crippen LogP contribution in [-0.4, -0.2) is 22.0 Å². The summed E-state index contributed by atoms with van der Waals surface area (Å²) in [6.07, 6.45) is 13.7. The lowest BCUT2D eigenvalue weighted by atomic mass is 9.61. The van der Waals surface area contributed by atoms with Crippen LogP contribution in [0.3, 0.4) is 0 Å². The molecule has 2 aliphatic rings. The number of hydrogen-bond acceptors (Lipinski definition) is 3. The van der Waals surface area contributed by atoms with E-state index in [-0.39, 0.29) is 17.9 Å². The molecule has 0 aromatic heterocycles. The average molecular weight is 415 g/mol. The number of carboxylic acid groups (broad SMARTS) is 1. The van der Waals surface area contributed by atoms with E-state index in [1.165, 1.54) is 12.0 Å². The van der Waals surface area contributed by atoms with E-state index in [9.17, 15) is 14.7 Å². The number of allylic oxidation sites excluding steroid dienone is 2. The van der Waals surface area contributed by atoms with Crippen LogP contribution >= 0.6 is 0 Å². The summed E-state index contributed by atoms with van der Waals surface area (Å²) in [5.74, 6) is 0.0805. The van der Waals surface area contributed by atoms with Crippen molar-refractivity contribution in [1.82, 2.24) is 0 Å². The second kappa shape index (κ2) is 12.0. The van der Waals surface area contributed by atoms with E-state index in [0.29, 0.717) is 18.1 Å². The Morgan fingerprint density at radius 3 is 2.43 bits per heavy atom. The molecule has 0 saturated heterocycles. The van der Waals surface area contributed by atoms with Gasteiger partial charge in [-0.2, -0.15) is 0 Å². The molecule has 2 atom stereocenters. The molecule has 0 amide bonds. The molecule has 30 heavy (non-hydrogen) atoms. The fourth-order valence-electron chi connectivity index (χ4n) is 4.73. The van der Waals surface area contributed by atoms with Crippen molar-refractivity contribution in [3.05, 3.63) is 47.5 Å². The van der Waals surface area contributed by atoms with Crippen LogP contribution in [0.2, 0.25) is 0 Å². The average Bonchev–Trinajstić information content (AvgIpc) is 3.14. The molecule has 166 valence electrons. The first-order valence-corrected chi connectivity index (χ1v) is 11.5. The van der Waals surface area contributed by atoms with Gasteiger partial charge in [0.25, 0.3) is 0 Å². The molecule has 4 heteroatoms. The molecule has 4 nitrogen and oxygen atoms in total. The number of carbonyl (C=O) groups is 2. The summed E-state index contributed by atoms with van der Waals surface area (Å²) in [5, 5.41) is 19.0. The molecule has 2 saturated carbocycles. The van der Waals surface area contributed by atoms with Crippen molar-refractivity contribution in [2.75, 3.05) is 0 Å². The third-order valence-electron chi connectivity index (χ3n) is 6.64. The molecular formula is C26H38O4. The number of Topliss-reactive ketones (excluding diaryl/α,β-unsaturated/α-hetero) is 1.